The molecule has 1 fully saturated rings. The van der Waals surface area contributed by atoms with Crippen molar-refractivity contribution in [1.82, 2.24) is 5.32 Å². The van der Waals surface area contributed by atoms with Gasteiger partial charge in [0, 0.05) is 11.4 Å². The Kier molecular flexibility index (Phi) is 5.28. The topological polar surface area (TPSA) is 58.6 Å². The van der Waals surface area contributed by atoms with Gasteiger partial charge in [0.05, 0.1) is 18.6 Å². The number of aliphatic hydroxyl groups is 1. The summed E-state index contributed by atoms with van der Waals surface area (Å²) in [6.45, 7) is 0.513. The van der Waals surface area contributed by atoms with Crippen molar-refractivity contribution < 1.29 is 19.0 Å². The maximum atomic E-state index is 13.1. The van der Waals surface area contributed by atoms with Crippen LogP contribution in [-0.2, 0) is 14.9 Å². The molecule has 0 spiro atoms. The second kappa shape index (κ2) is 7.42. The van der Waals surface area contributed by atoms with E-state index < -0.39 is 5.41 Å². The Morgan fingerprint density at radius 3 is 2.67 bits per heavy atom. The molecule has 0 aliphatic heterocycles. The second-order valence-electron chi connectivity index (χ2n) is 5.90. The van der Waals surface area contributed by atoms with Crippen LogP contribution in [0, 0.1) is 5.82 Å². The van der Waals surface area contributed by atoms with Gasteiger partial charge in [-0.1, -0.05) is 18.2 Å². The Bertz CT molecular complexity index is 668. The van der Waals surface area contributed by atoms with Crippen LogP contribution in [0.15, 0.2) is 41.8 Å². The van der Waals surface area contributed by atoms with Crippen LogP contribution >= 0.6 is 11.3 Å². The summed E-state index contributed by atoms with van der Waals surface area (Å²) in [4.78, 5) is 13.7. The van der Waals surface area contributed by atoms with E-state index in [-0.39, 0.29) is 31.0 Å². The number of nitrogens with one attached hydrogen (secondary N) is 1. The number of ether oxygens (including phenoxy) is 1. The summed E-state index contributed by atoms with van der Waals surface area (Å²) >= 11 is 1.55. The Balaban J connectivity index is 1.64. The van der Waals surface area contributed by atoms with Gasteiger partial charge >= 0.3 is 0 Å². The summed E-state index contributed by atoms with van der Waals surface area (Å²) in [5, 5.41) is 13.9. The Hall–Kier alpha value is -1.76. The van der Waals surface area contributed by atoms with Crippen LogP contribution < -0.4 is 5.32 Å². The summed E-state index contributed by atoms with van der Waals surface area (Å²) in [5.74, 6) is -0.353. The van der Waals surface area contributed by atoms with Gasteiger partial charge in [-0.2, -0.15) is 0 Å². The first-order valence-electron chi connectivity index (χ1n) is 7.96. The number of rotatable bonds is 8. The van der Waals surface area contributed by atoms with E-state index in [1.165, 1.54) is 12.1 Å². The molecule has 1 atom stereocenters. The van der Waals surface area contributed by atoms with Crippen molar-refractivity contribution in [1.29, 1.82) is 0 Å². The molecule has 2 aromatic rings. The molecule has 0 saturated heterocycles. The lowest BCUT2D eigenvalue weighted by Gasteiger charge is -2.20. The standard InChI is InChI=1S/C18H20FNO3S/c19-14-5-3-13(4-6-14)18(7-8-18)17(22)20-12-15(23-10-9-21)16-2-1-11-24-16/h1-6,11,15,21H,7-10,12H2,(H,20,22)/t15-/m1/s1. The average molecular weight is 349 g/mol. The molecule has 1 aliphatic carbocycles. The van der Waals surface area contributed by atoms with Crippen LogP contribution in [-0.4, -0.2) is 30.8 Å². The van der Waals surface area contributed by atoms with Gasteiger partial charge in [-0.25, -0.2) is 4.39 Å². The molecule has 1 amide bonds. The van der Waals surface area contributed by atoms with Gasteiger partial charge in [-0.05, 0) is 42.0 Å². The molecule has 4 nitrogen and oxygen atoms in total. The minimum absolute atomic E-state index is 0.0525. The molecule has 0 unspecified atom stereocenters. The summed E-state index contributed by atoms with van der Waals surface area (Å²) in [7, 11) is 0. The van der Waals surface area contributed by atoms with Crippen molar-refractivity contribution in [2.24, 2.45) is 0 Å². The largest absolute Gasteiger partial charge is 0.394 e. The molecule has 24 heavy (non-hydrogen) atoms. The molecule has 1 aliphatic rings. The molecule has 1 saturated carbocycles. The highest BCUT2D eigenvalue weighted by molar-refractivity contribution is 7.10. The van der Waals surface area contributed by atoms with E-state index in [1.807, 2.05) is 17.5 Å². The first kappa shape index (κ1) is 17.1. The smallest absolute Gasteiger partial charge is 0.230 e. The third-order valence-corrected chi connectivity index (χ3v) is 5.26. The summed E-state index contributed by atoms with van der Waals surface area (Å²) in [6.07, 6.45) is 1.27. The van der Waals surface area contributed by atoms with Crippen molar-refractivity contribution in [3.63, 3.8) is 0 Å². The fraction of sp³-hybridized carbons (Fsp3) is 0.389. The van der Waals surface area contributed by atoms with Crippen LogP contribution in [0.5, 0.6) is 0 Å². The fourth-order valence-corrected chi connectivity index (χ4v) is 3.58. The van der Waals surface area contributed by atoms with Crippen molar-refractivity contribution in [3.05, 3.63) is 58.0 Å². The minimum Gasteiger partial charge on any atom is -0.394 e. The van der Waals surface area contributed by atoms with Crippen LogP contribution in [0.4, 0.5) is 4.39 Å². The molecular formula is C18H20FNO3S. The zero-order chi connectivity index (χ0) is 17.0. The van der Waals surface area contributed by atoms with E-state index in [0.717, 1.165) is 23.3 Å². The van der Waals surface area contributed by atoms with Gasteiger partial charge < -0.3 is 15.2 Å². The van der Waals surface area contributed by atoms with Crippen molar-refractivity contribution >= 4 is 17.2 Å². The van der Waals surface area contributed by atoms with Gasteiger partial charge in [-0.3, -0.25) is 4.79 Å². The SMILES string of the molecule is O=C(NC[C@@H](OCCO)c1cccs1)C1(c2ccc(F)cc2)CC1. The molecule has 2 N–H and O–H groups in total. The first-order chi connectivity index (χ1) is 11.7. The van der Waals surface area contributed by atoms with Gasteiger partial charge in [0.25, 0.3) is 0 Å². The maximum Gasteiger partial charge on any atom is 0.230 e. The number of carbonyl (C=O) groups is 1. The number of hydrogen-bond acceptors (Lipinski definition) is 4. The van der Waals surface area contributed by atoms with E-state index in [0.29, 0.717) is 6.54 Å². The lowest BCUT2D eigenvalue weighted by atomic mass is 9.95. The highest BCUT2D eigenvalue weighted by Gasteiger charge is 2.51. The van der Waals surface area contributed by atoms with Crippen LogP contribution in [0.3, 0.4) is 0 Å². The molecule has 1 aromatic carbocycles. The summed E-state index contributed by atoms with van der Waals surface area (Å²) < 4.78 is 18.7. The highest BCUT2D eigenvalue weighted by Crippen LogP contribution is 2.48. The van der Waals surface area contributed by atoms with Gasteiger partial charge in [0.15, 0.2) is 0 Å². The van der Waals surface area contributed by atoms with E-state index in [2.05, 4.69) is 5.32 Å². The van der Waals surface area contributed by atoms with Crippen molar-refractivity contribution in [2.75, 3.05) is 19.8 Å². The number of halogens is 1. The predicted molar refractivity (Wildman–Crippen MR) is 90.4 cm³/mol. The van der Waals surface area contributed by atoms with Gasteiger partial charge in [-0.15, -0.1) is 11.3 Å². The van der Waals surface area contributed by atoms with Crippen LogP contribution in [0.2, 0.25) is 0 Å². The van der Waals surface area contributed by atoms with Crippen LogP contribution in [0.25, 0.3) is 0 Å². The van der Waals surface area contributed by atoms with Gasteiger partial charge in [0.1, 0.15) is 11.9 Å². The molecule has 1 heterocycles. The molecule has 1 aromatic heterocycles. The molecule has 3 rings (SSSR count). The van der Waals surface area contributed by atoms with Crippen molar-refractivity contribution in [2.45, 2.75) is 24.4 Å². The normalized spacial score (nSPS) is 16.6. The molecule has 0 radical (unpaired) electrons. The number of benzene rings is 1. The number of aliphatic hydroxyl groups excluding tert-OH is 1. The molecule has 6 heteroatoms. The quantitative estimate of drug-likeness (QED) is 0.770. The van der Waals surface area contributed by atoms with E-state index in [4.69, 9.17) is 9.84 Å². The van der Waals surface area contributed by atoms with Crippen LogP contribution in [0.1, 0.15) is 29.4 Å². The third kappa shape index (κ3) is 3.66. The molecular weight excluding hydrogens is 329 g/mol. The van der Waals surface area contributed by atoms with E-state index in [1.54, 1.807) is 23.5 Å². The fourth-order valence-electron chi connectivity index (χ4n) is 2.81. The molecule has 0 bridgehead atoms. The van der Waals surface area contributed by atoms with E-state index in [9.17, 15) is 9.18 Å². The average Bonchev–Trinajstić information content (AvgIpc) is 3.23. The Labute approximate surface area is 144 Å². The maximum absolute atomic E-state index is 13.1. The lowest BCUT2D eigenvalue weighted by molar-refractivity contribution is -0.124. The molecule has 128 valence electrons. The van der Waals surface area contributed by atoms with Crippen molar-refractivity contribution in [3.8, 4) is 0 Å². The summed E-state index contributed by atoms with van der Waals surface area (Å²) in [5.41, 5.74) is 0.315. The summed E-state index contributed by atoms with van der Waals surface area (Å²) in [6, 6.07) is 10.0. The third-order valence-electron chi connectivity index (χ3n) is 4.30. The van der Waals surface area contributed by atoms with Gasteiger partial charge in [0.2, 0.25) is 5.91 Å². The number of carbonyl (C=O) groups excluding carboxylic acids is 1. The number of amides is 1. The monoisotopic (exact) mass is 349 g/mol. The number of thiophene rings is 1. The highest BCUT2D eigenvalue weighted by atomic mass is 32.1. The zero-order valence-corrected chi connectivity index (χ0v) is 14.0. The second-order valence-corrected chi connectivity index (χ2v) is 6.88. The Morgan fingerprint density at radius 1 is 1.33 bits per heavy atom. The first-order valence-corrected chi connectivity index (χ1v) is 8.84. The lowest BCUT2D eigenvalue weighted by Crippen LogP contribution is -2.37. The predicted octanol–water partition coefficient (Wildman–Crippen LogP) is 2.79. The van der Waals surface area contributed by atoms with E-state index >= 15 is 0 Å². The minimum atomic E-state index is -0.537. The Morgan fingerprint density at radius 2 is 2.08 bits per heavy atom. The number of hydrogen-bond donors (Lipinski definition) is 2. The zero-order valence-electron chi connectivity index (χ0n) is 13.2.